The second-order valence-corrected chi connectivity index (χ2v) is 8.36. The van der Waals surface area contributed by atoms with E-state index in [1.807, 2.05) is 67.6 Å². The van der Waals surface area contributed by atoms with Crippen molar-refractivity contribution >= 4 is 45.0 Å². The van der Waals surface area contributed by atoms with Crippen LogP contribution >= 0.6 is 22.6 Å². The van der Waals surface area contributed by atoms with Crippen LogP contribution in [0.4, 0.5) is 0 Å². The van der Waals surface area contributed by atoms with E-state index in [0.29, 0.717) is 12.2 Å². The summed E-state index contributed by atoms with van der Waals surface area (Å²) in [6.45, 7) is 2.56. The van der Waals surface area contributed by atoms with Gasteiger partial charge in [-0.25, -0.2) is 0 Å². The first-order valence-electron chi connectivity index (χ1n) is 9.71. The van der Waals surface area contributed by atoms with Crippen LogP contribution in [0, 0.1) is 21.8 Å². The van der Waals surface area contributed by atoms with Crippen LogP contribution in [-0.2, 0) is 6.61 Å². The molecule has 0 radical (unpaired) electrons. The zero-order valence-corrected chi connectivity index (χ0v) is 18.8. The van der Waals surface area contributed by atoms with Gasteiger partial charge in [0.1, 0.15) is 12.4 Å². The maximum absolute atomic E-state index is 9.57. The van der Waals surface area contributed by atoms with E-state index in [1.54, 1.807) is 0 Å². The molecular weight excluding hydrogens is 481 g/mol. The smallest absolute Gasteiger partial charge is 0.133 e. The van der Waals surface area contributed by atoms with E-state index >= 15 is 0 Å². The van der Waals surface area contributed by atoms with Crippen LogP contribution in [0.1, 0.15) is 22.3 Å². The Balaban J connectivity index is 1.51. The molecule has 4 rings (SSSR count). The van der Waals surface area contributed by atoms with Crippen LogP contribution in [0.5, 0.6) is 5.75 Å². The van der Waals surface area contributed by atoms with Crippen molar-refractivity contribution < 1.29 is 4.74 Å². The lowest BCUT2D eigenvalue weighted by atomic mass is 10.0. The fourth-order valence-corrected chi connectivity index (χ4v) is 3.99. The second-order valence-electron chi connectivity index (χ2n) is 7.20. The lowest BCUT2D eigenvalue weighted by molar-refractivity contribution is 0.304. The molecule has 0 N–H and O–H groups in total. The zero-order valence-electron chi connectivity index (χ0n) is 16.6. The van der Waals surface area contributed by atoms with Gasteiger partial charge in [-0.3, -0.25) is 0 Å². The molecule has 4 aromatic rings. The van der Waals surface area contributed by atoms with Gasteiger partial charge in [0.15, 0.2) is 0 Å². The van der Waals surface area contributed by atoms with Gasteiger partial charge in [0.2, 0.25) is 0 Å². The average Bonchev–Trinajstić information content (AvgIpc) is 2.77. The molecule has 146 valence electrons. The van der Waals surface area contributed by atoms with Crippen LogP contribution in [-0.4, -0.2) is 0 Å². The Kier molecular flexibility index (Phi) is 6.15. The number of aryl methyl sites for hydroxylation is 1. The molecule has 0 spiro atoms. The summed E-state index contributed by atoms with van der Waals surface area (Å²) in [5, 5.41) is 12.0. The van der Waals surface area contributed by atoms with Gasteiger partial charge in [0.25, 0.3) is 0 Å². The molecule has 0 bridgehead atoms. The van der Waals surface area contributed by atoms with Gasteiger partial charge >= 0.3 is 0 Å². The SMILES string of the molecule is Cc1ccc(/C(C#N)=C\c2ccc(OCc3ccc4ccccc4c3)c(I)c2)cc1. The number of hydrogen-bond donors (Lipinski definition) is 0. The molecule has 0 aromatic heterocycles. The van der Waals surface area contributed by atoms with Crippen molar-refractivity contribution in [1.29, 1.82) is 5.26 Å². The highest BCUT2D eigenvalue weighted by molar-refractivity contribution is 14.1. The quantitative estimate of drug-likeness (QED) is 0.162. The van der Waals surface area contributed by atoms with Gasteiger partial charge in [-0.2, -0.15) is 5.26 Å². The minimum Gasteiger partial charge on any atom is -0.488 e. The van der Waals surface area contributed by atoms with Gasteiger partial charge in [-0.05, 0) is 81.3 Å². The summed E-state index contributed by atoms with van der Waals surface area (Å²) >= 11 is 2.28. The number of nitrogens with zero attached hydrogens (tertiary/aromatic N) is 1. The molecule has 0 aliphatic rings. The van der Waals surface area contributed by atoms with E-state index < -0.39 is 0 Å². The number of ether oxygens (including phenoxy) is 1. The van der Waals surface area contributed by atoms with Crippen molar-refractivity contribution in [2.45, 2.75) is 13.5 Å². The third-order valence-electron chi connectivity index (χ3n) is 4.96. The van der Waals surface area contributed by atoms with E-state index in [-0.39, 0.29) is 0 Å². The second kappa shape index (κ2) is 9.15. The normalized spacial score (nSPS) is 11.3. The van der Waals surface area contributed by atoms with Crippen molar-refractivity contribution in [3.05, 3.63) is 111 Å². The minimum absolute atomic E-state index is 0.517. The highest BCUT2D eigenvalue weighted by Gasteiger charge is 2.06. The van der Waals surface area contributed by atoms with Crippen molar-refractivity contribution in [1.82, 2.24) is 0 Å². The van der Waals surface area contributed by atoms with Gasteiger partial charge in [-0.15, -0.1) is 0 Å². The summed E-state index contributed by atoms with van der Waals surface area (Å²) in [4.78, 5) is 0. The van der Waals surface area contributed by atoms with E-state index in [2.05, 4.69) is 59.0 Å². The first kappa shape index (κ1) is 20.2. The standard InChI is InChI=1S/C27H20INO/c1-19-6-10-23(11-7-19)25(17-29)14-20-9-13-27(26(28)16-20)30-18-21-8-12-22-4-2-3-5-24(22)15-21/h2-16H,18H2,1H3/b25-14-. The number of allylic oxidation sites excluding steroid dienone is 1. The van der Waals surface area contributed by atoms with Gasteiger partial charge in [0, 0.05) is 0 Å². The molecule has 0 aliphatic heterocycles. The number of fused-ring (bicyclic) bond motifs is 1. The molecule has 0 unspecified atom stereocenters. The van der Waals surface area contributed by atoms with Crippen LogP contribution in [0.2, 0.25) is 0 Å². The molecule has 3 heteroatoms. The largest absolute Gasteiger partial charge is 0.488 e. The summed E-state index contributed by atoms with van der Waals surface area (Å²) in [5.41, 5.74) is 4.87. The number of benzene rings is 4. The highest BCUT2D eigenvalue weighted by atomic mass is 127. The molecule has 4 aromatic carbocycles. The summed E-state index contributed by atoms with van der Waals surface area (Å²) < 4.78 is 7.08. The molecule has 0 saturated heterocycles. The van der Waals surface area contributed by atoms with E-state index in [4.69, 9.17) is 4.74 Å². The average molecular weight is 501 g/mol. The highest BCUT2D eigenvalue weighted by Crippen LogP contribution is 2.26. The summed E-state index contributed by atoms with van der Waals surface area (Å²) in [7, 11) is 0. The van der Waals surface area contributed by atoms with E-state index in [9.17, 15) is 5.26 Å². The van der Waals surface area contributed by atoms with Crippen LogP contribution in [0.25, 0.3) is 22.4 Å². The maximum Gasteiger partial charge on any atom is 0.133 e. The molecular formula is C27H20INO. The molecule has 0 heterocycles. The van der Waals surface area contributed by atoms with Gasteiger partial charge < -0.3 is 4.74 Å². The Hall–Kier alpha value is -3.10. The predicted molar refractivity (Wildman–Crippen MR) is 132 cm³/mol. The molecule has 0 fully saturated rings. The lowest BCUT2D eigenvalue weighted by Crippen LogP contribution is -1.97. The number of hydrogen-bond acceptors (Lipinski definition) is 2. The molecule has 0 amide bonds. The summed E-state index contributed by atoms with van der Waals surface area (Å²) in [6.07, 6.45) is 1.92. The zero-order chi connectivity index (χ0) is 20.9. The Morgan fingerprint density at radius 3 is 2.43 bits per heavy atom. The van der Waals surface area contributed by atoms with Gasteiger partial charge in [-0.1, -0.05) is 72.3 Å². The summed E-state index contributed by atoms with van der Waals surface area (Å²) in [5.74, 6) is 0.842. The Labute approximate surface area is 190 Å². The third kappa shape index (κ3) is 4.72. The molecule has 0 atom stereocenters. The monoisotopic (exact) mass is 501 g/mol. The Bertz CT molecular complexity index is 1270. The third-order valence-corrected chi connectivity index (χ3v) is 5.80. The number of halogens is 1. The Morgan fingerprint density at radius 1 is 0.933 bits per heavy atom. The van der Waals surface area contributed by atoms with Crippen molar-refractivity contribution in [3.8, 4) is 11.8 Å². The van der Waals surface area contributed by atoms with E-state index in [1.165, 1.54) is 16.3 Å². The maximum atomic E-state index is 9.57. The molecule has 0 aliphatic carbocycles. The van der Waals surface area contributed by atoms with Crippen LogP contribution < -0.4 is 4.74 Å². The van der Waals surface area contributed by atoms with Gasteiger partial charge in [0.05, 0.1) is 15.2 Å². The number of rotatable bonds is 5. The summed E-state index contributed by atoms with van der Waals surface area (Å²) in [6, 6.07) is 31.0. The molecule has 30 heavy (non-hydrogen) atoms. The van der Waals surface area contributed by atoms with Crippen molar-refractivity contribution in [2.24, 2.45) is 0 Å². The first-order valence-corrected chi connectivity index (χ1v) is 10.8. The van der Waals surface area contributed by atoms with Crippen LogP contribution in [0.3, 0.4) is 0 Å². The Morgan fingerprint density at radius 2 is 1.70 bits per heavy atom. The predicted octanol–water partition coefficient (Wildman–Crippen LogP) is 7.40. The fourth-order valence-electron chi connectivity index (χ4n) is 3.29. The fraction of sp³-hybridized carbons (Fsp3) is 0.0741. The van der Waals surface area contributed by atoms with Crippen molar-refractivity contribution in [2.75, 3.05) is 0 Å². The minimum atomic E-state index is 0.517. The lowest BCUT2D eigenvalue weighted by Gasteiger charge is -2.10. The number of nitriles is 1. The van der Waals surface area contributed by atoms with Crippen molar-refractivity contribution in [3.63, 3.8) is 0 Å². The first-order chi connectivity index (χ1) is 14.6. The molecule has 2 nitrogen and oxygen atoms in total. The topological polar surface area (TPSA) is 33.0 Å². The molecule has 0 saturated carbocycles. The van der Waals surface area contributed by atoms with Crippen LogP contribution in [0.15, 0.2) is 84.9 Å². The van der Waals surface area contributed by atoms with E-state index in [0.717, 1.165) is 26.0 Å².